The summed E-state index contributed by atoms with van der Waals surface area (Å²) in [5, 5.41) is 12.0. The molecule has 0 spiro atoms. The SMILES string of the molecule is CC(CC(=O)O)N1CCc2ccc(NC(=O)COC3CCN(C(=O)OCc4ccccc4)CC3)cc2C1. The number of likely N-dealkylation sites (tertiary alicyclic amines) is 1. The minimum Gasteiger partial charge on any atom is -0.481 e. The average Bonchev–Trinajstić information content (AvgIpc) is 2.90. The number of benzene rings is 2. The number of carboxylic acids is 1. The maximum Gasteiger partial charge on any atom is 0.410 e. The molecule has 0 saturated carbocycles. The van der Waals surface area contributed by atoms with Gasteiger partial charge in [0.2, 0.25) is 5.91 Å². The van der Waals surface area contributed by atoms with Gasteiger partial charge in [-0.2, -0.15) is 0 Å². The maximum atomic E-state index is 12.5. The zero-order chi connectivity index (χ0) is 26.2. The summed E-state index contributed by atoms with van der Waals surface area (Å²) >= 11 is 0. The molecular weight excluding hydrogens is 474 g/mol. The molecule has 0 bridgehead atoms. The summed E-state index contributed by atoms with van der Waals surface area (Å²) in [6.07, 6.45) is 1.85. The number of ether oxygens (including phenoxy) is 2. The standard InChI is InChI=1S/C28H35N3O6/c1-20(15-27(33)34)31-12-9-22-7-8-24(16-23(22)17-31)29-26(32)19-36-25-10-13-30(14-11-25)28(35)37-18-21-5-3-2-4-6-21/h2-8,16,20,25H,9-15,17-19H2,1H3,(H,29,32)(H,33,34). The number of nitrogens with one attached hydrogen (secondary N) is 1. The molecule has 0 aliphatic carbocycles. The Morgan fingerprint density at radius 3 is 2.54 bits per heavy atom. The first-order valence-corrected chi connectivity index (χ1v) is 12.8. The molecule has 198 valence electrons. The van der Waals surface area contributed by atoms with Gasteiger partial charge in [0.15, 0.2) is 0 Å². The molecule has 0 radical (unpaired) electrons. The highest BCUT2D eigenvalue weighted by Gasteiger charge is 2.25. The fourth-order valence-corrected chi connectivity index (χ4v) is 4.82. The molecule has 1 fully saturated rings. The van der Waals surface area contributed by atoms with Gasteiger partial charge in [-0.05, 0) is 55.0 Å². The number of hydrogen-bond acceptors (Lipinski definition) is 6. The summed E-state index contributed by atoms with van der Waals surface area (Å²) in [5.41, 5.74) is 3.98. The quantitative estimate of drug-likeness (QED) is 0.531. The van der Waals surface area contributed by atoms with Crippen molar-refractivity contribution in [2.75, 3.05) is 31.6 Å². The summed E-state index contributed by atoms with van der Waals surface area (Å²) < 4.78 is 11.2. The highest BCUT2D eigenvalue weighted by Crippen LogP contribution is 2.25. The number of amides is 2. The Kier molecular flexibility index (Phi) is 9.14. The zero-order valence-corrected chi connectivity index (χ0v) is 21.2. The fourth-order valence-electron chi connectivity index (χ4n) is 4.82. The van der Waals surface area contributed by atoms with Crippen LogP contribution >= 0.6 is 0 Å². The number of carbonyl (C=O) groups is 3. The van der Waals surface area contributed by atoms with E-state index >= 15 is 0 Å². The molecular formula is C28H35N3O6. The van der Waals surface area contributed by atoms with Crippen LogP contribution in [0, 0.1) is 0 Å². The first-order valence-electron chi connectivity index (χ1n) is 12.8. The number of fused-ring (bicyclic) bond motifs is 1. The van der Waals surface area contributed by atoms with Gasteiger partial charge in [-0.25, -0.2) is 4.79 Å². The van der Waals surface area contributed by atoms with Crippen molar-refractivity contribution in [1.29, 1.82) is 0 Å². The number of piperidine rings is 1. The monoisotopic (exact) mass is 509 g/mol. The van der Waals surface area contributed by atoms with E-state index in [0.717, 1.165) is 24.1 Å². The Morgan fingerprint density at radius 1 is 1.05 bits per heavy atom. The molecule has 2 amide bonds. The molecule has 9 nitrogen and oxygen atoms in total. The van der Waals surface area contributed by atoms with E-state index in [1.807, 2.05) is 55.5 Å². The van der Waals surface area contributed by atoms with Crippen LogP contribution in [0.5, 0.6) is 0 Å². The van der Waals surface area contributed by atoms with Crippen molar-refractivity contribution in [2.45, 2.75) is 57.9 Å². The molecule has 0 aromatic heterocycles. The Bertz CT molecular complexity index is 1080. The molecule has 2 heterocycles. The van der Waals surface area contributed by atoms with E-state index in [0.29, 0.717) is 38.2 Å². The number of carboxylic acid groups (broad SMARTS) is 1. The Hall–Kier alpha value is -3.43. The molecule has 1 saturated heterocycles. The number of rotatable bonds is 9. The van der Waals surface area contributed by atoms with E-state index in [1.165, 1.54) is 5.56 Å². The Morgan fingerprint density at radius 2 is 1.81 bits per heavy atom. The highest BCUT2D eigenvalue weighted by atomic mass is 16.6. The van der Waals surface area contributed by atoms with Crippen molar-refractivity contribution >= 4 is 23.7 Å². The van der Waals surface area contributed by atoms with Gasteiger partial charge in [-0.3, -0.25) is 14.5 Å². The van der Waals surface area contributed by atoms with Crippen LogP contribution in [0.25, 0.3) is 0 Å². The normalized spacial score (nSPS) is 17.1. The summed E-state index contributed by atoms with van der Waals surface area (Å²) in [4.78, 5) is 39.7. The van der Waals surface area contributed by atoms with Crippen LogP contribution < -0.4 is 5.32 Å². The summed E-state index contributed by atoms with van der Waals surface area (Å²) in [5.74, 6) is -1.02. The van der Waals surface area contributed by atoms with Crippen molar-refractivity contribution in [1.82, 2.24) is 9.80 Å². The molecule has 1 unspecified atom stereocenters. The van der Waals surface area contributed by atoms with Gasteiger partial charge < -0.3 is 24.8 Å². The van der Waals surface area contributed by atoms with Crippen LogP contribution in [0.15, 0.2) is 48.5 Å². The predicted molar refractivity (Wildman–Crippen MR) is 138 cm³/mol. The molecule has 9 heteroatoms. The Balaban J connectivity index is 1.18. The second kappa shape index (κ2) is 12.7. The average molecular weight is 510 g/mol. The van der Waals surface area contributed by atoms with E-state index in [9.17, 15) is 14.4 Å². The van der Waals surface area contributed by atoms with Crippen LogP contribution in [0.4, 0.5) is 10.5 Å². The third-order valence-electron chi connectivity index (χ3n) is 6.98. The van der Waals surface area contributed by atoms with E-state index in [4.69, 9.17) is 14.6 Å². The van der Waals surface area contributed by atoms with Gasteiger partial charge >= 0.3 is 12.1 Å². The molecule has 4 rings (SSSR count). The number of anilines is 1. The lowest BCUT2D eigenvalue weighted by Gasteiger charge is -2.33. The van der Waals surface area contributed by atoms with Crippen LogP contribution in [0.2, 0.25) is 0 Å². The minimum atomic E-state index is -0.798. The molecule has 2 aliphatic heterocycles. The lowest BCUT2D eigenvalue weighted by atomic mass is 9.97. The van der Waals surface area contributed by atoms with Crippen molar-refractivity contribution in [3.63, 3.8) is 0 Å². The second-order valence-corrected chi connectivity index (χ2v) is 9.74. The van der Waals surface area contributed by atoms with Crippen LogP contribution in [0.3, 0.4) is 0 Å². The van der Waals surface area contributed by atoms with Crippen LogP contribution in [0.1, 0.15) is 42.9 Å². The largest absolute Gasteiger partial charge is 0.481 e. The predicted octanol–water partition coefficient (Wildman–Crippen LogP) is 3.66. The van der Waals surface area contributed by atoms with Gasteiger partial charge in [0, 0.05) is 37.9 Å². The van der Waals surface area contributed by atoms with Crippen LogP contribution in [-0.4, -0.2) is 71.3 Å². The first-order chi connectivity index (χ1) is 17.9. The van der Waals surface area contributed by atoms with Crippen LogP contribution in [-0.2, 0) is 38.6 Å². The lowest BCUT2D eigenvalue weighted by Crippen LogP contribution is -2.41. The van der Waals surface area contributed by atoms with Gasteiger partial charge in [0.25, 0.3) is 0 Å². The van der Waals surface area contributed by atoms with Crippen molar-refractivity contribution in [2.24, 2.45) is 0 Å². The molecule has 1 atom stereocenters. The molecule has 2 aromatic rings. The van der Waals surface area contributed by atoms with E-state index in [1.54, 1.807) is 4.90 Å². The zero-order valence-electron chi connectivity index (χ0n) is 21.2. The number of aliphatic carboxylic acids is 1. The highest BCUT2D eigenvalue weighted by molar-refractivity contribution is 5.91. The number of carbonyl (C=O) groups excluding carboxylic acids is 2. The first kappa shape index (κ1) is 26.6. The van der Waals surface area contributed by atoms with Crippen molar-refractivity contribution in [3.8, 4) is 0 Å². The van der Waals surface area contributed by atoms with Gasteiger partial charge in [-0.1, -0.05) is 36.4 Å². The molecule has 2 N–H and O–H groups in total. The summed E-state index contributed by atoms with van der Waals surface area (Å²) in [6, 6.07) is 15.4. The van der Waals surface area contributed by atoms with Gasteiger partial charge in [-0.15, -0.1) is 0 Å². The third kappa shape index (κ3) is 7.77. The number of hydrogen-bond donors (Lipinski definition) is 2. The summed E-state index contributed by atoms with van der Waals surface area (Å²) in [6.45, 7) is 4.67. The molecule has 2 aliphatic rings. The third-order valence-corrected chi connectivity index (χ3v) is 6.98. The molecule has 2 aromatic carbocycles. The number of nitrogens with zero attached hydrogens (tertiary/aromatic N) is 2. The van der Waals surface area contributed by atoms with Gasteiger partial charge in [0.05, 0.1) is 12.5 Å². The fraction of sp³-hybridized carbons (Fsp3) is 0.464. The van der Waals surface area contributed by atoms with E-state index in [-0.39, 0.29) is 43.8 Å². The van der Waals surface area contributed by atoms with Crippen molar-refractivity contribution in [3.05, 3.63) is 65.2 Å². The van der Waals surface area contributed by atoms with E-state index in [2.05, 4.69) is 10.2 Å². The smallest absolute Gasteiger partial charge is 0.410 e. The van der Waals surface area contributed by atoms with E-state index < -0.39 is 5.97 Å². The molecule has 37 heavy (non-hydrogen) atoms. The van der Waals surface area contributed by atoms with Crippen molar-refractivity contribution < 1.29 is 29.0 Å². The second-order valence-electron chi connectivity index (χ2n) is 9.74. The topological polar surface area (TPSA) is 108 Å². The Labute approximate surface area is 217 Å². The minimum absolute atomic E-state index is 0.0468. The summed E-state index contributed by atoms with van der Waals surface area (Å²) in [7, 11) is 0. The maximum absolute atomic E-state index is 12.5. The lowest BCUT2D eigenvalue weighted by molar-refractivity contribution is -0.138. The van der Waals surface area contributed by atoms with Gasteiger partial charge in [0.1, 0.15) is 13.2 Å².